The molecule has 0 saturated carbocycles. The first-order chi connectivity index (χ1) is 11.9. The first-order valence-electron chi connectivity index (χ1n) is 9.38. The van der Waals surface area contributed by atoms with E-state index < -0.39 is 23.0 Å². The fourth-order valence-electron chi connectivity index (χ4n) is 3.31. The van der Waals surface area contributed by atoms with E-state index in [1.807, 2.05) is 0 Å². The van der Waals surface area contributed by atoms with Gasteiger partial charge in [-0.3, -0.25) is 0 Å². The maximum atomic E-state index is 12.3. The van der Waals surface area contributed by atoms with Crippen molar-refractivity contribution in [1.82, 2.24) is 5.32 Å². The number of amides is 1. The highest BCUT2D eigenvalue weighted by molar-refractivity contribution is 6.83. The molecular formula is C16H32FNO5Si2. The van der Waals surface area contributed by atoms with Crippen LogP contribution in [0.5, 0.6) is 0 Å². The summed E-state index contributed by atoms with van der Waals surface area (Å²) in [4.78, 5) is 10.4. The van der Waals surface area contributed by atoms with Crippen LogP contribution < -0.4 is 5.32 Å². The Morgan fingerprint density at radius 2 is 2.08 bits per heavy atom. The van der Waals surface area contributed by atoms with Crippen molar-refractivity contribution in [2.24, 2.45) is 0 Å². The van der Waals surface area contributed by atoms with Gasteiger partial charge in [0.1, 0.15) is 6.10 Å². The van der Waals surface area contributed by atoms with Gasteiger partial charge in [-0.15, -0.1) is 4.39 Å². The van der Waals surface area contributed by atoms with E-state index in [4.69, 9.17) is 18.0 Å². The molecule has 3 atom stereocenters. The molecule has 2 fully saturated rings. The van der Waals surface area contributed by atoms with E-state index >= 15 is 0 Å². The van der Waals surface area contributed by atoms with Crippen molar-refractivity contribution in [3.63, 3.8) is 0 Å². The van der Waals surface area contributed by atoms with E-state index in [1.165, 1.54) is 0 Å². The predicted molar refractivity (Wildman–Crippen MR) is 98.2 cm³/mol. The van der Waals surface area contributed by atoms with Gasteiger partial charge in [-0.1, -0.05) is 6.42 Å². The van der Waals surface area contributed by atoms with Crippen LogP contribution in [0.15, 0.2) is 0 Å². The Hall–Kier alpha value is -0.326. The second-order valence-electron chi connectivity index (χ2n) is 7.43. The van der Waals surface area contributed by atoms with Gasteiger partial charge in [0.2, 0.25) is 0 Å². The number of halogens is 1. The van der Waals surface area contributed by atoms with Gasteiger partial charge in [0.05, 0.1) is 13.2 Å². The quantitative estimate of drug-likeness (QED) is 0.203. The minimum absolute atomic E-state index is 0.308. The number of hydrogen-bond acceptors (Lipinski definition) is 5. The fourth-order valence-corrected chi connectivity index (χ4v) is 12.6. The van der Waals surface area contributed by atoms with Crippen molar-refractivity contribution in [2.45, 2.75) is 63.0 Å². The highest BCUT2D eigenvalue weighted by Gasteiger charge is 2.41. The third-order valence-electron chi connectivity index (χ3n) is 4.74. The first kappa shape index (κ1) is 21.0. The minimum atomic E-state index is -2.21. The summed E-state index contributed by atoms with van der Waals surface area (Å²) in [6.07, 6.45) is 2.75. The van der Waals surface area contributed by atoms with Crippen LogP contribution in [0.1, 0.15) is 25.7 Å². The van der Waals surface area contributed by atoms with Crippen molar-refractivity contribution in [3.8, 4) is 0 Å². The Labute approximate surface area is 152 Å². The topological polar surface area (TPSA) is 69.3 Å². The van der Waals surface area contributed by atoms with E-state index in [-0.39, 0.29) is 0 Å². The number of nitrogens with one attached hydrogen (secondary N) is 1. The lowest BCUT2D eigenvalue weighted by molar-refractivity contribution is 0.114. The normalized spacial score (nSPS) is 32.7. The number of carbonyl (C=O) groups excluding carboxylic acids is 1. The molecule has 2 aliphatic heterocycles. The molecule has 2 aliphatic rings. The van der Waals surface area contributed by atoms with Crippen LogP contribution in [0.4, 0.5) is 9.18 Å². The van der Waals surface area contributed by atoms with Crippen LogP contribution in [0.3, 0.4) is 0 Å². The zero-order valence-corrected chi connectivity index (χ0v) is 17.5. The fraction of sp³-hybridized carbons (Fsp3) is 0.938. The van der Waals surface area contributed by atoms with Gasteiger partial charge in [-0.05, 0) is 50.5 Å². The molecule has 25 heavy (non-hydrogen) atoms. The zero-order chi connectivity index (χ0) is 18.2. The van der Waals surface area contributed by atoms with Crippen LogP contribution in [0.2, 0.25) is 31.2 Å². The molecular weight excluding hydrogens is 361 g/mol. The zero-order valence-electron chi connectivity index (χ0n) is 15.5. The van der Waals surface area contributed by atoms with E-state index in [9.17, 15) is 9.18 Å². The molecule has 1 N–H and O–H groups in total. The highest BCUT2D eigenvalue weighted by atomic mass is 28.4. The van der Waals surface area contributed by atoms with Crippen molar-refractivity contribution in [1.29, 1.82) is 0 Å². The maximum absolute atomic E-state index is 12.3. The number of rotatable bonds is 10. The first-order valence-corrected chi connectivity index (χ1v) is 14.7. The maximum Gasteiger partial charge on any atom is 0.397 e. The summed E-state index contributed by atoms with van der Waals surface area (Å²) < 4.78 is 35.9. The molecule has 6 nitrogen and oxygen atoms in total. The molecule has 9 heteroatoms. The molecule has 2 saturated heterocycles. The third kappa shape index (κ3) is 8.74. The molecule has 2 rings (SSSR count). The summed E-state index contributed by atoms with van der Waals surface area (Å²) in [5, 5.41) is 2.23. The Bertz CT molecular complexity index is 429. The van der Waals surface area contributed by atoms with Crippen molar-refractivity contribution in [2.75, 3.05) is 33.0 Å². The number of carbonyl (C=O) groups is 1. The molecule has 1 amide bonds. The molecule has 146 valence electrons. The lowest BCUT2D eigenvalue weighted by Crippen LogP contribution is -2.51. The SMILES string of the molecule is C[Si]1(CCCNC(=O)F)CCCCO[Si](C)(CCCOCC2CO2)O1. The average molecular weight is 394 g/mol. The average Bonchev–Trinajstić information content (AvgIpc) is 3.33. The van der Waals surface area contributed by atoms with Crippen LogP contribution in [0.25, 0.3) is 0 Å². The van der Waals surface area contributed by atoms with E-state index in [0.717, 1.165) is 63.6 Å². The molecule has 3 unspecified atom stereocenters. The summed E-state index contributed by atoms with van der Waals surface area (Å²) >= 11 is 0. The molecule has 0 aromatic heterocycles. The van der Waals surface area contributed by atoms with E-state index in [0.29, 0.717) is 19.3 Å². The standard InChI is InChI=1S/C16H32FNO5Si2/c1-24(11-5-7-18-16(17)19)10-4-3-9-22-25(2,23-24)12-6-8-20-13-15-14-21-15/h15H,3-14H2,1-2H3,(H,18,19). The van der Waals surface area contributed by atoms with Gasteiger partial charge < -0.3 is 23.3 Å². The smallest absolute Gasteiger partial charge is 0.397 e. The molecule has 0 aliphatic carbocycles. The Morgan fingerprint density at radius 3 is 2.80 bits per heavy atom. The Balaban J connectivity index is 1.76. The second-order valence-corrected chi connectivity index (χ2v) is 15.2. The number of ether oxygens (including phenoxy) is 2. The van der Waals surface area contributed by atoms with Gasteiger partial charge >= 0.3 is 14.7 Å². The van der Waals surface area contributed by atoms with Crippen LogP contribution >= 0.6 is 0 Å². The summed E-state index contributed by atoms with van der Waals surface area (Å²) in [6.45, 7) is 7.80. The van der Waals surface area contributed by atoms with Gasteiger partial charge in [-0.2, -0.15) is 0 Å². The Kier molecular flexibility index (Phi) is 8.50. The number of epoxide rings is 1. The second kappa shape index (κ2) is 10.1. The molecule has 0 aromatic carbocycles. The lowest BCUT2D eigenvalue weighted by atomic mass is 10.4. The molecule has 0 bridgehead atoms. The predicted octanol–water partition coefficient (Wildman–Crippen LogP) is 3.34. The summed E-state index contributed by atoms with van der Waals surface area (Å²) in [5.41, 5.74) is 0. The van der Waals surface area contributed by atoms with Crippen LogP contribution in [0, 0.1) is 0 Å². The van der Waals surface area contributed by atoms with E-state index in [1.54, 1.807) is 0 Å². The van der Waals surface area contributed by atoms with Crippen LogP contribution in [-0.2, 0) is 18.0 Å². The monoisotopic (exact) mass is 393 g/mol. The third-order valence-corrected chi connectivity index (χ3v) is 13.3. The molecule has 0 radical (unpaired) electrons. The van der Waals surface area contributed by atoms with E-state index in [2.05, 4.69) is 18.4 Å². The highest BCUT2D eigenvalue weighted by Crippen LogP contribution is 2.31. The summed E-state index contributed by atoms with van der Waals surface area (Å²) in [6, 6.07) is 2.97. The van der Waals surface area contributed by atoms with Gasteiger partial charge in [-0.25, -0.2) is 4.79 Å². The van der Waals surface area contributed by atoms with Gasteiger partial charge in [0, 0.05) is 19.8 Å². The van der Waals surface area contributed by atoms with Gasteiger partial charge in [0.25, 0.3) is 0 Å². The molecule has 0 aromatic rings. The molecule has 2 heterocycles. The van der Waals surface area contributed by atoms with Crippen molar-refractivity contribution >= 4 is 23.0 Å². The number of hydrogen-bond donors (Lipinski definition) is 1. The van der Waals surface area contributed by atoms with Gasteiger partial charge in [0.15, 0.2) is 8.32 Å². The minimum Gasteiger partial charge on any atom is -0.436 e. The van der Waals surface area contributed by atoms with Crippen LogP contribution in [-0.4, -0.2) is 62.1 Å². The lowest BCUT2D eigenvalue weighted by Gasteiger charge is -2.40. The van der Waals surface area contributed by atoms with Crippen molar-refractivity contribution < 1.29 is 27.2 Å². The summed E-state index contributed by atoms with van der Waals surface area (Å²) in [5.74, 6) is 0. The largest absolute Gasteiger partial charge is 0.436 e. The van der Waals surface area contributed by atoms with Crippen molar-refractivity contribution in [3.05, 3.63) is 0 Å². The Morgan fingerprint density at radius 1 is 1.28 bits per heavy atom. The summed E-state index contributed by atoms with van der Waals surface area (Å²) in [7, 11) is -4.11. The molecule has 0 spiro atoms.